The predicted molar refractivity (Wildman–Crippen MR) is 93.1 cm³/mol. The number of carbonyl (C=O) groups excluding carboxylic acids is 1. The molecule has 0 N–H and O–H groups in total. The molecule has 0 atom stereocenters. The lowest BCUT2D eigenvalue weighted by molar-refractivity contribution is 0.0700. The fourth-order valence-corrected chi connectivity index (χ4v) is 2.81. The Labute approximate surface area is 150 Å². The van der Waals surface area contributed by atoms with E-state index in [9.17, 15) is 9.59 Å². The van der Waals surface area contributed by atoms with Crippen molar-refractivity contribution >= 4 is 11.7 Å². The van der Waals surface area contributed by atoms with E-state index in [1.807, 2.05) is 11.0 Å². The molecule has 0 bridgehead atoms. The number of hydrogen-bond acceptors (Lipinski definition) is 7. The number of nitriles is 1. The normalized spacial score (nSPS) is 13.7. The largest absolute Gasteiger partial charge is 0.496 e. The maximum absolute atomic E-state index is 12.8. The standard InChI is InChI=1S/C17H18N6O3/c1-21-10-12(14(26-3)6-15(21)24)17(25)22(2)11-8-23(9-11)16-13(7-18)19-4-5-20-16/h4-6,10-11H,8-9H2,1-3H3. The highest BCUT2D eigenvalue weighted by Crippen LogP contribution is 2.25. The zero-order chi connectivity index (χ0) is 18.8. The molecule has 0 spiro atoms. The Morgan fingerprint density at radius 1 is 1.38 bits per heavy atom. The summed E-state index contributed by atoms with van der Waals surface area (Å²) >= 11 is 0. The van der Waals surface area contributed by atoms with Gasteiger partial charge in [-0.2, -0.15) is 5.26 Å². The number of ether oxygens (including phenoxy) is 1. The molecule has 3 heterocycles. The van der Waals surface area contributed by atoms with Gasteiger partial charge < -0.3 is 19.1 Å². The summed E-state index contributed by atoms with van der Waals surface area (Å²) in [5.41, 5.74) is 0.343. The molecule has 1 fully saturated rings. The molecule has 2 aromatic rings. The average molecular weight is 354 g/mol. The van der Waals surface area contributed by atoms with E-state index >= 15 is 0 Å². The smallest absolute Gasteiger partial charge is 0.259 e. The van der Waals surface area contributed by atoms with Gasteiger partial charge in [0, 0.05) is 51.8 Å². The number of rotatable bonds is 4. The number of anilines is 1. The lowest BCUT2D eigenvalue weighted by Crippen LogP contribution is -2.60. The van der Waals surface area contributed by atoms with Crippen LogP contribution in [-0.4, -0.2) is 58.6 Å². The van der Waals surface area contributed by atoms with E-state index in [-0.39, 0.29) is 29.0 Å². The fourth-order valence-electron chi connectivity index (χ4n) is 2.81. The van der Waals surface area contributed by atoms with Crippen molar-refractivity contribution in [3.63, 3.8) is 0 Å². The second-order valence-corrected chi connectivity index (χ2v) is 6.02. The molecule has 1 saturated heterocycles. The van der Waals surface area contributed by atoms with Gasteiger partial charge in [-0.15, -0.1) is 0 Å². The minimum absolute atomic E-state index is 0.0435. The zero-order valence-electron chi connectivity index (χ0n) is 14.7. The quantitative estimate of drug-likeness (QED) is 0.762. The Morgan fingerprint density at radius 2 is 2.08 bits per heavy atom. The maximum atomic E-state index is 12.8. The van der Waals surface area contributed by atoms with Gasteiger partial charge in [-0.3, -0.25) is 9.59 Å². The summed E-state index contributed by atoms with van der Waals surface area (Å²) in [6.45, 7) is 1.09. The number of aromatic nitrogens is 3. The first-order valence-electron chi connectivity index (χ1n) is 7.94. The first-order valence-corrected chi connectivity index (χ1v) is 7.94. The summed E-state index contributed by atoms with van der Waals surface area (Å²) in [4.78, 5) is 36.2. The van der Waals surface area contributed by atoms with E-state index in [4.69, 9.17) is 10.00 Å². The Hall–Kier alpha value is -3.41. The number of carbonyl (C=O) groups is 1. The molecule has 0 aliphatic carbocycles. The van der Waals surface area contributed by atoms with E-state index in [2.05, 4.69) is 9.97 Å². The number of hydrogen-bond donors (Lipinski definition) is 0. The summed E-state index contributed by atoms with van der Waals surface area (Å²) in [6, 6.07) is 3.27. The second kappa shape index (κ2) is 6.84. The molecule has 2 aromatic heterocycles. The third kappa shape index (κ3) is 2.97. The van der Waals surface area contributed by atoms with Crippen LogP contribution in [0.2, 0.25) is 0 Å². The number of methoxy groups -OCH3 is 1. The minimum Gasteiger partial charge on any atom is -0.496 e. The molecule has 134 valence electrons. The van der Waals surface area contributed by atoms with Crippen molar-refractivity contribution in [2.45, 2.75) is 6.04 Å². The van der Waals surface area contributed by atoms with Gasteiger partial charge in [-0.05, 0) is 0 Å². The third-order valence-electron chi connectivity index (χ3n) is 4.46. The van der Waals surface area contributed by atoms with E-state index in [1.165, 1.54) is 36.3 Å². The summed E-state index contributed by atoms with van der Waals surface area (Å²) in [6.07, 6.45) is 4.49. The molecule has 0 saturated carbocycles. The van der Waals surface area contributed by atoms with Crippen molar-refractivity contribution in [1.82, 2.24) is 19.4 Å². The van der Waals surface area contributed by atoms with Crippen LogP contribution in [0.15, 0.2) is 29.5 Å². The summed E-state index contributed by atoms with van der Waals surface area (Å²) in [7, 11) is 4.71. The van der Waals surface area contributed by atoms with E-state index in [0.29, 0.717) is 24.5 Å². The average Bonchev–Trinajstić information content (AvgIpc) is 2.62. The van der Waals surface area contributed by atoms with E-state index in [0.717, 1.165) is 0 Å². The van der Waals surface area contributed by atoms with Crippen LogP contribution in [0.4, 0.5) is 5.82 Å². The first kappa shape index (κ1) is 17.4. The highest BCUT2D eigenvalue weighted by Gasteiger charge is 2.35. The van der Waals surface area contributed by atoms with Crippen LogP contribution >= 0.6 is 0 Å². The van der Waals surface area contributed by atoms with Crippen molar-refractivity contribution in [3.8, 4) is 11.8 Å². The summed E-state index contributed by atoms with van der Waals surface area (Å²) in [5, 5.41) is 9.12. The van der Waals surface area contributed by atoms with Crippen LogP contribution in [-0.2, 0) is 7.05 Å². The monoisotopic (exact) mass is 354 g/mol. The van der Waals surface area contributed by atoms with Crippen molar-refractivity contribution in [1.29, 1.82) is 5.26 Å². The van der Waals surface area contributed by atoms with Crippen LogP contribution in [0.25, 0.3) is 0 Å². The molecule has 9 nitrogen and oxygen atoms in total. The molecule has 3 rings (SSSR count). The van der Waals surface area contributed by atoms with Gasteiger partial charge in [0.2, 0.25) is 0 Å². The van der Waals surface area contributed by atoms with Gasteiger partial charge in [0.05, 0.1) is 18.7 Å². The van der Waals surface area contributed by atoms with Crippen LogP contribution in [0.1, 0.15) is 16.1 Å². The molecule has 9 heteroatoms. The molecule has 26 heavy (non-hydrogen) atoms. The van der Waals surface area contributed by atoms with E-state index in [1.54, 1.807) is 19.0 Å². The molecule has 0 radical (unpaired) electrons. The summed E-state index contributed by atoms with van der Waals surface area (Å²) < 4.78 is 6.52. The summed E-state index contributed by atoms with van der Waals surface area (Å²) in [5.74, 6) is 0.537. The Kier molecular flexibility index (Phi) is 4.58. The van der Waals surface area contributed by atoms with Crippen molar-refractivity contribution in [2.75, 3.05) is 32.1 Å². The molecular weight excluding hydrogens is 336 g/mol. The number of likely N-dealkylation sites (N-methyl/N-ethyl adjacent to an activating group) is 1. The Bertz CT molecular complexity index is 942. The number of nitrogens with zero attached hydrogens (tertiary/aromatic N) is 6. The zero-order valence-corrected chi connectivity index (χ0v) is 14.7. The minimum atomic E-state index is -0.248. The lowest BCUT2D eigenvalue weighted by Gasteiger charge is -2.44. The fraction of sp³-hybridized carbons (Fsp3) is 0.353. The van der Waals surface area contributed by atoms with E-state index < -0.39 is 0 Å². The third-order valence-corrected chi connectivity index (χ3v) is 4.46. The first-order chi connectivity index (χ1) is 12.5. The van der Waals surface area contributed by atoms with Gasteiger partial charge in [0.15, 0.2) is 11.5 Å². The van der Waals surface area contributed by atoms with Crippen LogP contribution in [0.5, 0.6) is 5.75 Å². The van der Waals surface area contributed by atoms with Crippen molar-refractivity contribution in [2.24, 2.45) is 7.05 Å². The molecule has 0 unspecified atom stereocenters. The molecular formula is C17H18N6O3. The van der Waals surface area contributed by atoms with Gasteiger partial charge >= 0.3 is 0 Å². The second-order valence-electron chi connectivity index (χ2n) is 6.02. The van der Waals surface area contributed by atoms with Gasteiger partial charge in [0.25, 0.3) is 11.5 Å². The van der Waals surface area contributed by atoms with Crippen LogP contribution in [0.3, 0.4) is 0 Å². The Balaban J connectivity index is 1.75. The number of amides is 1. The molecule has 1 amide bonds. The molecule has 0 aromatic carbocycles. The molecule has 1 aliphatic rings. The van der Waals surface area contributed by atoms with Gasteiger partial charge in [0.1, 0.15) is 11.8 Å². The van der Waals surface area contributed by atoms with Crippen LogP contribution in [0, 0.1) is 11.3 Å². The highest BCUT2D eigenvalue weighted by atomic mass is 16.5. The van der Waals surface area contributed by atoms with Crippen LogP contribution < -0.4 is 15.2 Å². The number of pyridine rings is 1. The Morgan fingerprint density at radius 3 is 2.73 bits per heavy atom. The number of aryl methyl sites for hydroxylation is 1. The van der Waals surface area contributed by atoms with Gasteiger partial charge in [-0.25, -0.2) is 9.97 Å². The maximum Gasteiger partial charge on any atom is 0.259 e. The van der Waals surface area contributed by atoms with Crippen molar-refractivity contribution in [3.05, 3.63) is 46.3 Å². The predicted octanol–water partition coefficient (Wildman–Crippen LogP) is 0.0164. The lowest BCUT2D eigenvalue weighted by atomic mass is 10.1. The van der Waals surface area contributed by atoms with Crippen molar-refractivity contribution < 1.29 is 9.53 Å². The highest BCUT2D eigenvalue weighted by molar-refractivity contribution is 5.96. The molecule has 1 aliphatic heterocycles. The topological polar surface area (TPSA) is 104 Å². The van der Waals surface area contributed by atoms with Gasteiger partial charge in [-0.1, -0.05) is 0 Å². The SMILES string of the molecule is COc1cc(=O)n(C)cc1C(=O)N(C)C1CN(c2nccnc2C#N)C1.